The van der Waals surface area contributed by atoms with E-state index in [9.17, 15) is 4.79 Å². The molecule has 3 nitrogen and oxygen atoms in total. The average molecular weight is 267 g/mol. The molecule has 0 aromatic carbocycles. The molecule has 0 aromatic rings. The van der Waals surface area contributed by atoms with Gasteiger partial charge in [0.15, 0.2) is 0 Å². The molecule has 1 unspecified atom stereocenters. The van der Waals surface area contributed by atoms with Gasteiger partial charge in [-0.05, 0) is 30.6 Å². The van der Waals surface area contributed by atoms with Crippen LogP contribution in [0.25, 0.3) is 0 Å². The fourth-order valence-electron chi connectivity index (χ4n) is 2.68. The van der Waals surface area contributed by atoms with Crippen LogP contribution in [-0.4, -0.2) is 37.1 Å². The highest BCUT2D eigenvalue weighted by Crippen LogP contribution is 2.34. The minimum Gasteiger partial charge on any atom is -0.381 e. The van der Waals surface area contributed by atoms with Gasteiger partial charge in [0.25, 0.3) is 0 Å². The maximum absolute atomic E-state index is 12.2. The second-order valence-electron chi connectivity index (χ2n) is 8.07. The summed E-state index contributed by atoms with van der Waals surface area (Å²) in [6, 6.07) is 0. The molecule has 2 aliphatic rings. The number of nitrogens with zero attached hydrogens (tertiary/aromatic N) is 1. The van der Waals surface area contributed by atoms with Gasteiger partial charge in [0, 0.05) is 31.5 Å². The largest absolute Gasteiger partial charge is 0.381 e. The predicted octanol–water partition coefficient (Wildman–Crippen LogP) is 3.09. The SMILES string of the molecule is CC(C)(C)CC(=O)N1CCC(C)(COCC2CC2)C1. The lowest BCUT2D eigenvalue weighted by molar-refractivity contribution is -0.132. The lowest BCUT2D eigenvalue weighted by Gasteiger charge is -2.26. The number of carbonyl (C=O) groups excluding carboxylic acids is 1. The minimum absolute atomic E-state index is 0.0819. The number of hydrogen-bond acceptors (Lipinski definition) is 2. The Morgan fingerprint density at radius 2 is 2.05 bits per heavy atom. The first-order valence-corrected chi connectivity index (χ1v) is 7.63. The number of amides is 1. The van der Waals surface area contributed by atoms with E-state index in [1.165, 1.54) is 12.8 Å². The van der Waals surface area contributed by atoms with E-state index in [4.69, 9.17) is 4.74 Å². The van der Waals surface area contributed by atoms with E-state index in [0.717, 1.165) is 38.6 Å². The molecule has 1 saturated heterocycles. The molecule has 1 saturated carbocycles. The first kappa shape index (κ1) is 14.8. The molecule has 19 heavy (non-hydrogen) atoms. The number of ether oxygens (including phenoxy) is 1. The van der Waals surface area contributed by atoms with Crippen molar-refractivity contribution in [2.24, 2.45) is 16.7 Å². The zero-order chi connectivity index (χ0) is 14.1. The summed E-state index contributed by atoms with van der Waals surface area (Å²) in [7, 11) is 0. The summed E-state index contributed by atoms with van der Waals surface area (Å²) >= 11 is 0. The van der Waals surface area contributed by atoms with Gasteiger partial charge in [-0.3, -0.25) is 4.79 Å². The number of rotatable bonds is 5. The Bertz CT molecular complexity index is 330. The highest BCUT2D eigenvalue weighted by Gasteiger charge is 2.37. The van der Waals surface area contributed by atoms with Crippen LogP contribution < -0.4 is 0 Å². The predicted molar refractivity (Wildman–Crippen MR) is 76.9 cm³/mol. The van der Waals surface area contributed by atoms with Crippen molar-refractivity contribution in [3.05, 3.63) is 0 Å². The van der Waals surface area contributed by atoms with E-state index < -0.39 is 0 Å². The van der Waals surface area contributed by atoms with Crippen LogP contribution in [0.4, 0.5) is 0 Å². The minimum atomic E-state index is 0.0819. The molecule has 0 spiro atoms. The normalized spacial score (nSPS) is 27.9. The van der Waals surface area contributed by atoms with E-state index in [0.29, 0.717) is 12.3 Å². The van der Waals surface area contributed by atoms with E-state index in [-0.39, 0.29) is 10.8 Å². The molecule has 2 fully saturated rings. The molecular weight excluding hydrogens is 238 g/mol. The van der Waals surface area contributed by atoms with Crippen LogP contribution in [-0.2, 0) is 9.53 Å². The molecule has 1 amide bonds. The van der Waals surface area contributed by atoms with Crippen molar-refractivity contribution in [3.8, 4) is 0 Å². The van der Waals surface area contributed by atoms with Crippen molar-refractivity contribution >= 4 is 5.91 Å². The molecule has 1 aliphatic carbocycles. The summed E-state index contributed by atoms with van der Waals surface area (Å²) in [5, 5.41) is 0. The van der Waals surface area contributed by atoms with Crippen molar-refractivity contribution in [2.75, 3.05) is 26.3 Å². The molecule has 0 aromatic heterocycles. The molecule has 110 valence electrons. The Labute approximate surface area is 117 Å². The van der Waals surface area contributed by atoms with E-state index in [2.05, 4.69) is 27.7 Å². The molecule has 2 rings (SSSR count). The maximum Gasteiger partial charge on any atom is 0.223 e. The highest BCUT2D eigenvalue weighted by molar-refractivity contribution is 5.77. The summed E-state index contributed by atoms with van der Waals surface area (Å²) in [5.74, 6) is 1.13. The van der Waals surface area contributed by atoms with Crippen LogP contribution in [0.15, 0.2) is 0 Å². The summed E-state index contributed by atoms with van der Waals surface area (Å²) in [4.78, 5) is 14.3. The van der Waals surface area contributed by atoms with Crippen LogP contribution in [0.3, 0.4) is 0 Å². The van der Waals surface area contributed by atoms with E-state index >= 15 is 0 Å². The van der Waals surface area contributed by atoms with Gasteiger partial charge >= 0.3 is 0 Å². The first-order chi connectivity index (χ1) is 8.77. The van der Waals surface area contributed by atoms with Gasteiger partial charge in [0.2, 0.25) is 5.91 Å². The third-order valence-corrected chi connectivity index (χ3v) is 4.09. The quantitative estimate of drug-likeness (QED) is 0.766. The third kappa shape index (κ3) is 4.79. The smallest absolute Gasteiger partial charge is 0.223 e. The van der Waals surface area contributed by atoms with Gasteiger partial charge in [-0.25, -0.2) is 0 Å². The number of carbonyl (C=O) groups is 1. The average Bonchev–Trinajstić information content (AvgIpc) is 2.98. The zero-order valence-corrected chi connectivity index (χ0v) is 13.0. The van der Waals surface area contributed by atoms with Gasteiger partial charge in [0.05, 0.1) is 6.61 Å². The molecule has 1 atom stereocenters. The van der Waals surface area contributed by atoms with Gasteiger partial charge in [-0.2, -0.15) is 0 Å². The van der Waals surface area contributed by atoms with E-state index in [1.807, 2.05) is 4.90 Å². The van der Waals surface area contributed by atoms with E-state index in [1.54, 1.807) is 0 Å². The van der Waals surface area contributed by atoms with Gasteiger partial charge in [0.1, 0.15) is 0 Å². The fraction of sp³-hybridized carbons (Fsp3) is 0.938. The molecule has 0 N–H and O–H groups in total. The third-order valence-electron chi connectivity index (χ3n) is 4.09. The monoisotopic (exact) mass is 267 g/mol. The number of likely N-dealkylation sites (tertiary alicyclic amines) is 1. The standard InChI is InChI=1S/C16H29NO2/c1-15(2,3)9-14(18)17-8-7-16(4,11-17)12-19-10-13-5-6-13/h13H,5-12H2,1-4H3. The molecular formula is C16H29NO2. The van der Waals surface area contributed by atoms with Crippen molar-refractivity contribution in [1.29, 1.82) is 0 Å². The Morgan fingerprint density at radius 3 is 2.63 bits per heavy atom. The topological polar surface area (TPSA) is 29.5 Å². The van der Waals surface area contributed by atoms with Crippen LogP contribution in [0, 0.1) is 16.7 Å². The highest BCUT2D eigenvalue weighted by atomic mass is 16.5. The summed E-state index contributed by atoms with van der Waals surface area (Å²) < 4.78 is 5.84. The van der Waals surface area contributed by atoms with Crippen LogP contribution in [0.1, 0.15) is 53.4 Å². The zero-order valence-electron chi connectivity index (χ0n) is 13.0. The Hall–Kier alpha value is -0.570. The van der Waals surface area contributed by atoms with Crippen LogP contribution in [0.2, 0.25) is 0 Å². The second-order valence-corrected chi connectivity index (χ2v) is 8.07. The van der Waals surface area contributed by atoms with Crippen molar-refractivity contribution in [2.45, 2.75) is 53.4 Å². The van der Waals surface area contributed by atoms with Crippen LogP contribution >= 0.6 is 0 Å². The molecule has 0 radical (unpaired) electrons. The Balaban J connectivity index is 1.75. The van der Waals surface area contributed by atoms with Gasteiger partial charge in [-0.15, -0.1) is 0 Å². The second kappa shape index (κ2) is 5.43. The summed E-state index contributed by atoms with van der Waals surface area (Å²) in [5.41, 5.74) is 0.251. The van der Waals surface area contributed by atoms with Crippen LogP contribution in [0.5, 0.6) is 0 Å². The molecule has 3 heteroatoms. The molecule has 1 heterocycles. The molecule has 0 bridgehead atoms. The maximum atomic E-state index is 12.2. The summed E-state index contributed by atoms with van der Waals surface area (Å²) in [6.07, 6.45) is 4.40. The Morgan fingerprint density at radius 1 is 1.37 bits per heavy atom. The van der Waals surface area contributed by atoms with Crippen molar-refractivity contribution in [3.63, 3.8) is 0 Å². The van der Waals surface area contributed by atoms with Gasteiger partial charge in [-0.1, -0.05) is 27.7 Å². The number of hydrogen-bond donors (Lipinski definition) is 0. The van der Waals surface area contributed by atoms with Crippen molar-refractivity contribution in [1.82, 2.24) is 4.90 Å². The lowest BCUT2D eigenvalue weighted by Crippen LogP contribution is -2.35. The van der Waals surface area contributed by atoms with Crippen molar-refractivity contribution < 1.29 is 9.53 Å². The fourth-order valence-corrected chi connectivity index (χ4v) is 2.68. The molecule has 1 aliphatic heterocycles. The first-order valence-electron chi connectivity index (χ1n) is 7.63. The van der Waals surface area contributed by atoms with Gasteiger partial charge < -0.3 is 9.64 Å². The Kier molecular flexibility index (Phi) is 4.24. The lowest BCUT2D eigenvalue weighted by atomic mass is 9.90. The summed E-state index contributed by atoms with van der Waals surface area (Å²) in [6.45, 7) is 12.1.